The molecule has 0 fully saturated rings. The topological polar surface area (TPSA) is 75.5 Å². The van der Waals surface area contributed by atoms with Gasteiger partial charge in [-0.25, -0.2) is 5.01 Å². The summed E-state index contributed by atoms with van der Waals surface area (Å²) < 4.78 is 11.9. The second-order valence-electron chi connectivity index (χ2n) is 7.82. The van der Waals surface area contributed by atoms with E-state index in [9.17, 15) is 4.79 Å². The molecule has 0 bridgehead atoms. The van der Waals surface area contributed by atoms with Gasteiger partial charge in [0, 0.05) is 16.5 Å². The monoisotopic (exact) mass is 484 g/mol. The van der Waals surface area contributed by atoms with Gasteiger partial charge in [-0.2, -0.15) is 0 Å². The standard InChI is InChI=1S/C27H24N4O3S/c1-3-16-35-27-29-26(32)23-19-12-7-8-14-21(19)28-25(31(23)30-27)20-13-9-15-22(33-2)24(20)34-17-18-10-5-4-6-11-18/h3-15,25H,1,16-17H2,2H3,(H,29,30,32). The van der Waals surface area contributed by atoms with Crippen LogP contribution >= 0.6 is 11.8 Å². The first kappa shape index (κ1) is 22.7. The summed E-state index contributed by atoms with van der Waals surface area (Å²) in [7, 11) is 1.61. The maximum Gasteiger partial charge on any atom is 0.276 e. The molecule has 2 aliphatic rings. The van der Waals surface area contributed by atoms with Crippen LogP contribution in [0.5, 0.6) is 11.5 Å². The van der Waals surface area contributed by atoms with Crippen molar-refractivity contribution in [2.75, 3.05) is 12.9 Å². The van der Waals surface area contributed by atoms with Gasteiger partial charge in [-0.15, -0.1) is 11.7 Å². The van der Waals surface area contributed by atoms with E-state index in [0.717, 1.165) is 16.3 Å². The number of hydrazone groups is 1. The van der Waals surface area contributed by atoms with Crippen molar-refractivity contribution >= 4 is 28.5 Å². The highest BCUT2D eigenvalue weighted by molar-refractivity contribution is 8.14. The summed E-state index contributed by atoms with van der Waals surface area (Å²) >= 11 is 1.40. The third-order valence-corrected chi connectivity index (χ3v) is 6.45. The number of nitrogens with zero attached hydrogens (tertiary/aromatic N) is 3. The van der Waals surface area contributed by atoms with E-state index in [4.69, 9.17) is 19.6 Å². The highest BCUT2D eigenvalue weighted by atomic mass is 32.2. The molecule has 1 N–H and O–H groups in total. The van der Waals surface area contributed by atoms with E-state index in [0.29, 0.717) is 40.1 Å². The predicted octanol–water partition coefficient (Wildman–Crippen LogP) is 3.34. The number of methoxy groups -OCH3 is 1. The molecule has 0 aliphatic carbocycles. The zero-order valence-corrected chi connectivity index (χ0v) is 20.0. The number of carbonyl (C=O) groups is 1. The summed E-state index contributed by atoms with van der Waals surface area (Å²) in [4.78, 5) is 18.2. The first-order chi connectivity index (χ1) is 17.2. The Morgan fingerprint density at radius 2 is 1.89 bits per heavy atom. The van der Waals surface area contributed by atoms with Crippen LogP contribution in [0.1, 0.15) is 17.3 Å². The Morgan fingerprint density at radius 1 is 1.09 bits per heavy atom. The summed E-state index contributed by atoms with van der Waals surface area (Å²) in [5, 5.41) is 11.3. The highest BCUT2D eigenvalue weighted by Crippen LogP contribution is 2.40. The number of hydrogen-bond donors (Lipinski definition) is 1. The van der Waals surface area contributed by atoms with Crippen LogP contribution in [0, 0.1) is 0 Å². The molecule has 3 aromatic carbocycles. The molecule has 2 aliphatic heterocycles. The van der Waals surface area contributed by atoms with Crippen LogP contribution in [0.3, 0.4) is 0 Å². The number of carbonyl (C=O) groups excluding carboxylic acids is 1. The average Bonchev–Trinajstić information content (AvgIpc) is 2.90. The second kappa shape index (κ2) is 10.1. The molecule has 5 rings (SSSR count). The molecular weight excluding hydrogens is 460 g/mol. The number of ether oxygens (including phenoxy) is 2. The van der Waals surface area contributed by atoms with E-state index in [2.05, 4.69) is 11.9 Å². The van der Waals surface area contributed by atoms with Crippen molar-refractivity contribution in [3.05, 3.63) is 107 Å². The van der Waals surface area contributed by atoms with Crippen LogP contribution in [-0.4, -0.2) is 28.9 Å². The van der Waals surface area contributed by atoms with Gasteiger partial charge >= 0.3 is 0 Å². The molecule has 35 heavy (non-hydrogen) atoms. The highest BCUT2D eigenvalue weighted by Gasteiger charge is 2.36. The van der Waals surface area contributed by atoms with Gasteiger partial charge in [0.1, 0.15) is 12.3 Å². The zero-order valence-electron chi connectivity index (χ0n) is 19.2. The fourth-order valence-corrected chi connectivity index (χ4v) is 4.60. The van der Waals surface area contributed by atoms with E-state index < -0.39 is 6.17 Å². The summed E-state index contributed by atoms with van der Waals surface area (Å²) in [6.07, 6.45) is 1.15. The summed E-state index contributed by atoms with van der Waals surface area (Å²) in [6, 6.07) is 23.2. The Bertz CT molecular complexity index is 1420. The van der Waals surface area contributed by atoms with Gasteiger partial charge in [0.2, 0.25) is 0 Å². The molecule has 0 spiro atoms. The van der Waals surface area contributed by atoms with Gasteiger partial charge in [0.25, 0.3) is 5.91 Å². The smallest absolute Gasteiger partial charge is 0.276 e. The third kappa shape index (κ3) is 4.52. The number of hydrogen-bond acceptors (Lipinski definition) is 7. The van der Waals surface area contributed by atoms with Gasteiger partial charge in [-0.1, -0.05) is 78.5 Å². The van der Waals surface area contributed by atoms with E-state index in [-0.39, 0.29) is 5.91 Å². The van der Waals surface area contributed by atoms with Gasteiger partial charge in [0.05, 0.1) is 12.5 Å². The minimum Gasteiger partial charge on any atom is -0.493 e. The van der Waals surface area contributed by atoms with Gasteiger partial charge in [0.15, 0.2) is 22.8 Å². The Balaban J connectivity index is 1.64. The molecule has 0 saturated carbocycles. The minimum absolute atomic E-state index is 0.228. The quantitative estimate of drug-likeness (QED) is 0.521. The lowest BCUT2D eigenvalue weighted by Crippen LogP contribution is -2.50. The van der Waals surface area contributed by atoms with Gasteiger partial charge in [-0.05, 0) is 17.7 Å². The van der Waals surface area contributed by atoms with Crippen LogP contribution in [0.15, 0.2) is 95.5 Å². The first-order valence-corrected chi connectivity index (χ1v) is 12.1. The number of fused-ring (bicyclic) bond motifs is 2. The molecule has 8 heteroatoms. The maximum absolute atomic E-state index is 13.3. The fourth-order valence-electron chi connectivity index (χ4n) is 4.01. The lowest BCUT2D eigenvalue weighted by atomic mass is 10.1. The largest absolute Gasteiger partial charge is 0.493 e. The molecule has 3 aromatic rings. The Kier molecular flexibility index (Phi) is 6.54. The summed E-state index contributed by atoms with van der Waals surface area (Å²) in [6.45, 7) is 4.12. The van der Waals surface area contributed by atoms with Crippen LogP contribution in [0.25, 0.3) is 5.70 Å². The molecule has 0 radical (unpaired) electrons. The van der Waals surface area contributed by atoms with Crippen LogP contribution in [-0.2, 0) is 11.4 Å². The summed E-state index contributed by atoms with van der Waals surface area (Å²) in [5.41, 5.74) is 2.22. The van der Waals surface area contributed by atoms with Crippen molar-refractivity contribution in [1.82, 2.24) is 10.3 Å². The Morgan fingerprint density at radius 3 is 2.69 bits per heavy atom. The lowest BCUT2D eigenvalue weighted by Gasteiger charge is -2.34. The maximum atomic E-state index is 13.3. The third-order valence-electron chi connectivity index (χ3n) is 5.59. The van der Waals surface area contributed by atoms with Crippen molar-refractivity contribution in [3.8, 4) is 11.5 Å². The summed E-state index contributed by atoms with van der Waals surface area (Å²) in [5.74, 6) is 1.53. The second-order valence-corrected chi connectivity index (χ2v) is 8.83. The number of thioether (sulfide) groups is 1. The lowest BCUT2D eigenvalue weighted by molar-refractivity contribution is -0.116. The first-order valence-electron chi connectivity index (χ1n) is 11.1. The Hall–Kier alpha value is -4.04. The van der Waals surface area contributed by atoms with Crippen molar-refractivity contribution in [2.45, 2.75) is 12.8 Å². The molecule has 0 saturated heterocycles. The van der Waals surface area contributed by atoms with E-state index >= 15 is 0 Å². The Labute approximate surface area is 207 Å². The van der Waals surface area contributed by atoms with E-state index in [1.165, 1.54) is 11.8 Å². The van der Waals surface area contributed by atoms with Gasteiger partial charge < -0.3 is 9.47 Å². The average molecular weight is 485 g/mol. The van der Waals surface area contributed by atoms with Crippen molar-refractivity contribution in [3.63, 3.8) is 0 Å². The molecule has 1 unspecified atom stereocenters. The van der Waals surface area contributed by atoms with Crippen LogP contribution in [0.2, 0.25) is 0 Å². The molecule has 7 nitrogen and oxygen atoms in total. The molecule has 1 amide bonds. The number of benzene rings is 3. The molecule has 2 heterocycles. The predicted molar refractivity (Wildman–Crippen MR) is 137 cm³/mol. The van der Waals surface area contributed by atoms with E-state index in [1.54, 1.807) is 18.2 Å². The number of amides is 1. The SMILES string of the molecule is C=CCSC1=NN2C(=c3ccccc3=NC2c2cccc(OC)c2OCc2ccccc2)C(=O)N1. The van der Waals surface area contributed by atoms with Gasteiger partial charge in [-0.3, -0.25) is 15.1 Å². The zero-order chi connectivity index (χ0) is 24.2. The van der Waals surface area contributed by atoms with Crippen molar-refractivity contribution < 1.29 is 14.3 Å². The number of rotatable bonds is 7. The normalized spacial score (nSPS) is 16.3. The molecule has 0 aromatic heterocycles. The van der Waals surface area contributed by atoms with Crippen LogP contribution in [0.4, 0.5) is 0 Å². The number of para-hydroxylation sites is 2. The van der Waals surface area contributed by atoms with E-state index in [1.807, 2.05) is 72.8 Å². The van der Waals surface area contributed by atoms with Crippen molar-refractivity contribution in [2.24, 2.45) is 10.1 Å². The van der Waals surface area contributed by atoms with Crippen molar-refractivity contribution in [1.29, 1.82) is 0 Å². The molecular formula is C27H24N4O3S. The van der Waals surface area contributed by atoms with Crippen LogP contribution < -0.4 is 25.4 Å². The molecule has 1 atom stereocenters. The number of nitrogens with one attached hydrogen (secondary N) is 1. The molecule has 176 valence electrons. The fraction of sp³-hybridized carbons (Fsp3) is 0.148. The minimum atomic E-state index is -0.619. The number of amidine groups is 1.